The summed E-state index contributed by atoms with van der Waals surface area (Å²) in [4.78, 5) is 24.1. The molecule has 0 saturated carbocycles. The van der Waals surface area contributed by atoms with Gasteiger partial charge in [0.2, 0.25) is 0 Å². The molecule has 2 heterocycles. The zero-order chi connectivity index (χ0) is 20.3. The van der Waals surface area contributed by atoms with Gasteiger partial charge < -0.3 is 15.3 Å². The largest absolute Gasteiger partial charge is 0.481 e. The van der Waals surface area contributed by atoms with Crippen molar-refractivity contribution in [1.82, 2.24) is 20.0 Å². The number of hydrogen-bond acceptors (Lipinski definition) is 3. The van der Waals surface area contributed by atoms with Gasteiger partial charge in [0.05, 0.1) is 23.7 Å². The maximum absolute atomic E-state index is 13.0. The molecule has 1 aliphatic heterocycles. The number of alkyl halides is 3. The van der Waals surface area contributed by atoms with E-state index < -0.39 is 43.1 Å². The third-order valence-electron chi connectivity index (χ3n) is 4.69. The van der Waals surface area contributed by atoms with Gasteiger partial charge in [0.1, 0.15) is 0 Å². The number of carboxylic acids is 1. The van der Waals surface area contributed by atoms with Gasteiger partial charge in [-0.25, -0.2) is 9.48 Å². The predicted molar refractivity (Wildman–Crippen MR) is 92.9 cm³/mol. The zero-order valence-corrected chi connectivity index (χ0v) is 14.8. The maximum atomic E-state index is 13.0. The number of carbonyl (C=O) groups excluding carboxylic acids is 1. The van der Waals surface area contributed by atoms with E-state index in [9.17, 15) is 22.8 Å². The number of aliphatic carboxylic acids is 1. The van der Waals surface area contributed by atoms with Crippen molar-refractivity contribution in [3.05, 3.63) is 48.3 Å². The molecular weight excluding hydrogens is 377 g/mol. The van der Waals surface area contributed by atoms with Crippen LogP contribution in [0.5, 0.6) is 0 Å². The van der Waals surface area contributed by atoms with Crippen LogP contribution in [0.4, 0.5) is 18.0 Å². The van der Waals surface area contributed by atoms with Crippen LogP contribution in [0, 0.1) is 11.8 Å². The van der Waals surface area contributed by atoms with Crippen LogP contribution in [0.15, 0.2) is 42.7 Å². The van der Waals surface area contributed by atoms with Crippen LogP contribution >= 0.6 is 0 Å². The molecule has 2 N–H and O–H groups in total. The fourth-order valence-corrected chi connectivity index (χ4v) is 3.19. The van der Waals surface area contributed by atoms with Crippen molar-refractivity contribution >= 4 is 12.0 Å². The monoisotopic (exact) mass is 396 g/mol. The molecule has 1 aliphatic rings. The molecule has 1 fully saturated rings. The van der Waals surface area contributed by atoms with Crippen LogP contribution in [0.3, 0.4) is 0 Å². The minimum absolute atomic E-state index is 0.199. The Morgan fingerprint density at radius 3 is 2.54 bits per heavy atom. The van der Waals surface area contributed by atoms with E-state index in [1.165, 1.54) is 0 Å². The first-order valence-corrected chi connectivity index (χ1v) is 8.67. The van der Waals surface area contributed by atoms with Crippen molar-refractivity contribution in [2.24, 2.45) is 11.8 Å². The van der Waals surface area contributed by atoms with Gasteiger partial charge in [-0.15, -0.1) is 0 Å². The summed E-state index contributed by atoms with van der Waals surface area (Å²) in [6.07, 6.45) is -0.770. The zero-order valence-electron chi connectivity index (χ0n) is 14.8. The fraction of sp³-hybridized carbons (Fsp3) is 0.389. The van der Waals surface area contributed by atoms with E-state index in [2.05, 4.69) is 10.4 Å². The molecule has 2 atom stereocenters. The molecule has 150 valence electrons. The molecule has 2 amide bonds. The Kier molecular flexibility index (Phi) is 5.57. The molecule has 1 saturated heterocycles. The highest BCUT2D eigenvalue weighted by Crippen LogP contribution is 2.37. The number of aromatic nitrogens is 2. The lowest BCUT2D eigenvalue weighted by Gasteiger charge is -2.18. The number of amides is 2. The van der Waals surface area contributed by atoms with E-state index in [1.54, 1.807) is 17.1 Å². The number of urea groups is 1. The Balaban J connectivity index is 1.52. The first-order valence-electron chi connectivity index (χ1n) is 8.67. The van der Waals surface area contributed by atoms with Gasteiger partial charge in [-0.05, 0) is 24.1 Å². The SMILES string of the molecule is O=C(O)[C@@H]1CN(C(=O)NCCc2cnn(-c3ccccc3)c2)C[C@H]1C(F)(F)F. The number of halogens is 3. The van der Waals surface area contributed by atoms with E-state index in [4.69, 9.17) is 5.11 Å². The predicted octanol–water partition coefficient (Wildman–Crippen LogP) is 2.32. The van der Waals surface area contributed by atoms with Gasteiger partial charge in [-0.3, -0.25) is 4.79 Å². The molecule has 2 aromatic rings. The summed E-state index contributed by atoms with van der Waals surface area (Å²) in [5.41, 5.74) is 1.73. The number of nitrogens with one attached hydrogen (secondary N) is 1. The molecular formula is C18H19F3N4O3. The summed E-state index contributed by atoms with van der Waals surface area (Å²) in [5, 5.41) is 15.8. The molecule has 7 nitrogen and oxygen atoms in total. The van der Waals surface area contributed by atoms with Gasteiger partial charge in [0, 0.05) is 25.8 Å². The highest BCUT2D eigenvalue weighted by Gasteiger charge is 2.53. The molecule has 0 radical (unpaired) electrons. The molecule has 10 heteroatoms. The van der Waals surface area contributed by atoms with E-state index in [-0.39, 0.29) is 6.54 Å². The summed E-state index contributed by atoms with van der Waals surface area (Å²) >= 11 is 0. The molecule has 1 aromatic heterocycles. The smallest absolute Gasteiger partial charge is 0.394 e. The topological polar surface area (TPSA) is 87.5 Å². The third-order valence-corrected chi connectivity index (χ3v) is 4.69. The Hall–Kier alpha value is -3.04. The van der Waals surface area contributed by atoms with Crippen LogP contribution in [-0.4, -0.2) is 57.6 Å². The van der Waals surface area contributed by atoms with Crippen LogP contribution in [0.1, 0.15) is 5.56 Å². The van der Waals surface area contributed by atoms with Crippen molar-refractivity contribution in [3.63, 3.8) is 0 Å². The number of hydrogen-bond donors (Lipinski definition) is 2. The van der Waals surface area contributed by atoms with Crippen LogP contribution in [0.2, 0.25) is 0 Å². The number of rotatable bonds is 5. The number of benzene rings is 1. The number of carboxylic acid groups (broad SMARTS) is 1. The average molecular weight is 396 g/mol. The minimum Gasteiger partial charge on any atom is -0.481 e. The van der Waals surface area contributed by atoms with Gasteiger partial charge in [0.15, 0.2) is 0 Å². The molecule has 28 heavy (non-hydrogen) atoms. The van der Waals surface area contributed by atoms with Gasteiger partial charge in [-0.1, -0.05) is 18.2 Å². The highest BCUT2D eigenvalue weighted by molar-refractivity contribution is 5.77. The molecule has 0 aliphatic carbocycles. The first kappa shape index (κ1) is 19.7. The maximum Gasteiger partial charge on any atom is 0.394 e. The van der Waals surface area contributed by atoms with E-state index in [0.29, 0.717) is 6.42 Å². The lowest BCUT2D eigenvalue weighted by Crippen LogP contribution is -2.40. The van der Waals surface area contributed by atoms with Crippen LogP contribution < -0.4 is 5.32 Å². The van der Waals surface area contributed by atoms with Crippen molar-refractivity contribution in [1.29, 1.82) is 0 Å². The number of para-hydroxylation sites is 1. The van der Waals surface area contributed by atoms with Crippen molar-refractivity contribution in [2.75, 3.05) is 19.6 Å². The molecule has 0 unspecified atom stereocenters. The summed E-state index contributed by atoms with van der Waals surface area (Å²) < 4.78 is 40.7. The lowest BCUT2D eigenvalue weighted by molar-refractivity contribution is -0.187. The molecule has 0 spiro atoms. The molecule has 3 rings (SSSR count). The van der Waals surface area contributed by atoms with Gasteiger partial charge >= 0.3 is 18.2 Å². The average Bonchev–Trinajstić information content (AvgIpc) is 3.29. The van der Waals surface area contributed by atoms with Gasteiger partial charge in [-0.2, -0.15) is 18.3 Å². The Morgan fingerprint density at radius 2 is 1.93 bits per heavy atom. The van der Waals surface area contributed by atoms with E-state index in [1.807, 2.05) is 30.3 Å². The van der Waals surface area contributed by atoms with E-state index >= 15 is 0 Å². The first-order chi connectivity index (χ1) is 13.3. The number of likely N-dealkylation sites (tertiary alicyclic amines) is 1. The van der Waals surface area contributed by atoms with Gasteiger partial charge in [0.25, 0.3) is 0 Å². The van der Waals surface area contributed by atoms with Crippen LogP contribution in [-0.2, 0) is 11.2 Å². The van der Waals surface area contributed by atoms with Crippen molar-refractivity contribution in [3.8, 4) is 5.69 Å². The summed E-state index contributed by atoms with van der Waals surface area (Å²) in [6, 6.07) is 8.73. The number of nitrogens with zero attached hydrogens (tertiary/aromatic N) is 3. The van der Waals surface area contributed by atoms with Crippen molar-refractivity contribution < 1.29 is 27.9 Å². The van der Waals surface area contributed by atoms with E-state index in [0.717, 1.165) is 16.2 Å². The molecule has 1 aromatic carbocycles. The quantitative estimate of drug-likeness (QED) is 0.812. The Labute approximate surface area is 158 Å². The standard InChI is InChI=1S/C18H19F3N4O3/c19-18(20,21)15-11-24(10-14(15)16(26)27)17(28)22-7-6-12-8-23-25(9-12)13-4-2-1-3-5-13/h1-5,8-9,14-15H,6-7,10-11H2,(H,22,28)(H,26,27)/t14-,15-/m1/s1. The second-order valence-electron chi connectivity index (χ2n) is 6.61. The summed E-state index contributed by atoms with van der Waals surface area (Å²) in [7, 11) is 0. The highest BCUT2D eigenvalue weighted by atomic mass is 19.4. The second kappa shape index (κ2) is 7.91. The van der Waals surface area contributed by atoms with Crippen molar-refractivity contribution in [2.45, 2.75) is 12.6 Å². The van der Waals surface area contributed by atoms with Crippen LogP contribution in [0.25, 0.3) is 5.69 Å². The summed E-state index contributed by atoms with van der Waals surface area (Å²) in [5.74, 6) is -5.25. The third kappa shape index (κ3) is 4.44. The fourth-order valence-electron chi connectivity index (χ4n) is 3.19. The Morgan fingerprint density at radius 1 is 1.21 bits per heavy atom. The normalized spacial score (nSPS) is 19.6. The minimum atomic E-state index is -4.66. The molecule has 0 bridgehead atoms. The Bertz CT molecular complexity index is 838. The summed E-state index contributed by atoms with van der Waals surface area (Å²) in [6.45, 7) is -0.917. The number of carbonyl (C=O) groups is 2. The lowest BCUT2D eigenvalue weighted by atomic mass is 9.96. The second-order valence-corrected chi connectivity index (χ2v) is 6.61.